The molecule has 2 aromatic rings. The zero-order valence-electron chi connectivity index (χ0n) is 9.76. The van der Waals surface area contributed by atoms with E-state index < -0.39 is 0 Å². The Labute approximate surface area is 106 Å². The summed E-state index contributed by atoms with van der Waals surface area (Å²) in [6.45, 7) is 2.13. The highest BCUT2D eigenvalue weighted by Crippen LogP contribution is 2.22. The molecule has 1 aromatic heterocycles. The normalized spacial score (nSPS) is 10.5. The highest BCUT2D eigenvalue weighted by Gasteiger charge is 2.00. The minimum absolute atomic E-state index is 0.0163. The number of pyridine rings is 1. The summed E-state index contributed by atoms with van der Waals surface area (Å²) in [4.78, 5) is 5.65. The van der Waals surface area contributed by atoms with Crippen LogP contribution in [-0.2, 0) is 6.61 Å². The number of aliphatic hydroxyl groups is 1. The molecule has 0 spiro atoms. The van der Waals surface area contributed by atoms with Gasteiger partial charge >= 0.3 is 0 Å². The lowest BCUT2D eigenvalue weighted by Crippen LogP contribution is -1.91. The highest BCUT2D eigenvalue weighted by molar-refractivity contribution is 7.99. The molecule has 0 atom stereocenters. The van der Waals surface area contributed by atoms with Gasteiger partial charge in [0.2, 0.25) is 0 Å². The van der Waals surface area contributed by atoms with Crippen molar-refractivity contribution in [2.24, 2.45) is 0 Å². The maximum atomic E-state index is 9.06. The van der Waals surface area contributed by atoms with E-state index in [1.807, 2.05) is 30.0 Å². The molecule has 0 unspecified atom stereocenters. The lowest BCUT2D eigenvalue weighted by atomic mass is 10.1. The second-order valence-electron chi connectivity index (χ2n) is 3.63. The second-order valence-corrected chi connectivity index (χ2v) is 4.97. The molecule has 1 N–H and O–H groups in total. The van der Waals surface area contributed by atoms with E-state index in [1.165, 1.54) is 4.90 Å². The zero-order valence-corrected chi connectivity index (χ0v) is 10.6. The Morgan fingerprint density at radius 2 is 1.88 bits per heavy atom. The quantitative estimate of drug-likeness (QED) is 0.838. The fourth-order valence-corrected chi connectivity index (χ4v) is 2.28. The molecule has 0 fully saturated rings. The van der Waals surface area contributed by atoms with E-state index in [0.717, 1.165) is 17.0 Å². The molecule has 17 heavy (non-hydrogen) atoms. The molecule has 1 heterocycles. The van der Waals surface area contributed by atoms with Gasteiger partial charge in [0.05, 0.1) is 18.0 Å². The van der Waals surface area contributed by atoms with Gasteiger partial charge in [0, 0.05) is 10.5 Å². The molecule has 0 bridgehead atoms. The van der Waals surface area contributed by atoms with E-state index >= 15 is 0 Å². The molecule has 0 aliphatic carbocycles. The van der Waals surface area contributed by atoms with Gasteiger partial charge in [0.25, 0.3) is 0 Å². The fourth-order valence-electron chi connectivity index (χ4n) is 1.62. The maximum Gasteiger partial charge on any atom is 0.0853 e. The molecule has 0 aliphatic heterocycles. The molecule has 0 amide bonds. The first-order valence-corrected chi connectivity index (χ1v) is 6.62. The summed E-state index contributed by atoms with van der Waals surface area (Å²) < 4.78 is 0. The third kappa shape index (κ3) is 3.08. The first-order valence-electron chi connectivity index (χ1n) is 5.63. The standard InChI is InChI=1S/C14H15NOS/c1-2-17-13-8-6-11(7-9-13)14-5-3-4-12(10-16)15-14/h3-9,16H,2,10H2,1H3. The first kappa shape index (κ1) is 12.1. The van der Waals surface area contributed by atoms with Gasteiger partial charge in [-0.15, -0.1) is 11.8 Å². The Hall–Kier alpha value is -1.32. The summed E-state index contributed by atoms with van der Waals surface area (Å²) in [5.74, 6) is 1.08. The van der Waals surface area contributed by atoms with Gasteiger partial charge in [-0.2, -0.15) is 0 Å². The molecule has 0 aliphatic rings. The summed E-state index contributed by atoms with van der Waals surface area (Å²) in [5.41, 5.74) is 2.69. The minimum Gasteiger partial charge on any atom is -0.390 e. The van der Waals surface area contributed by atoms with Crippen molar-refractivity contribution >= 4 is 11.8 Å². The molecule has 0 saturated heterocycles. The topological polar surface area (TPSA) is 33.1 Å². The van der Waals surface area contributed by atoms with Crippen LogP contribution in [0.25, 0.3) is 11.3 Å². The van der Waals surface area contributed by atoms with Crippen LogP contribution in [0.15, 0.2) is 47.4 Å². The van der Waals surface area contributed by atoms with E-state index in [0.29, 0.717) is 5.69 Å². The van der Waals surface area contributed by atoms with Crippen molar-refractivity contribution in [3.63, 3.8) is 0 Å². The Balaban J connectivity index is 2.26. The van der Waals surface area contributed by atoms with Crippen molar-refractivity contribution in [1.82, 2.24) is 4.98 Å². The third-order valence-electron chi connectivity index (χ3n) is 2.43. The third-order valence-corrected chi connectivity index (χ3v) is 3.32. The van der Waals surface area contributed by atoms with Crippen LogP contribution in [0.3, 0.4) is 0 Å². The van der Waals surface area contributed by atoms with Crippen molar-refractivity contribution < 1.29 is 5.11 Å². The lowest BCUT2D eigenvalue weighted by molar-refractivity contribution is 0.277. The smallest absolute Gasteiger partial charge is 0.0853 e. The van der Waals surface area contributed by atoms with Gasteiger partial charge < -0.3 is 5.11 Å². The van der Waals surface area contributed by atoms with E-state index in [9.17, 15) is 0 Å². The number of hydrogen-bond acceptors (Lipinski definition) is 3. The Bertz CT molecular complexity index is 482. The number of aromatic nitrogens is 1. The predicted octanol–water partition coefficient (Wildman–Crippen LogP) is 3.35. The average molecular weight is 245 g/mol. The van der Waals surface area contributed by atoms with E-state index in [4.69, 9.17) is 5.11 Å². The monoisotopic (exact) mass is 245 g/mol. The molecular weight excluding hydrogens is 230 g/mol. The van der Waals surface area contributed by atoms with Crippen molar-refractivity contribution in [3.05, 3.63) is 48.2 Å². The number of benzene rings is 1. The van der Waals surface area contributed by atoms with Crippen molar-refractivity contribution in [3.8, 4) is 11.3 Å². The minimum atomic E-state index is -0.0163. The Kier molecular flexibility index (Phi) is 4.18. The molecule has 1 aromatic carbocycles. The van der Waals surface area contributed by atoms with Crippen molar-refractivity contribution in [2.75, 3.05) is 5.75 Å². The molecular formula is C14H15NOS. The summed E-state index contributed by atoms with van der Waals surface area (Å²) in [6, 6.07) is 14.1. The van der Waals surface area contributed by atoms with Gasteiger partial charge in [0.15, 0.2) is 0 Å². The summed E-state index contributed by atoms with van der Waals surface area (Å²) in [6.07, 6.45) is 0. The number of rotatable bonds is 4. The Morgan fingerprint density at radius 1 is 1.12 bits per heavy atom. The van der Waals surface area contributed by atoms with Gasteiger partial charge in [0.1, 0.15) is 0 Å². The second kappa shape index (κ2) is 5.84. The van der Waals surface area contributed by atoms with Crippen LogP contribution in [0.1, 0.15) is 12.6 Å². The summed E-state index contributed by atoms with van der Waals surface area (Å²) >= 11 is 1.83. The zero-order chi connectivity index (χ0) is 12.1. The van der Waals surface area contributed by atoms with E-state index in [1.54, 1.807) is 0 Å². The van der Waals surface area contributed by atoms with E-state index in [-0.39, 0.29) is 6.61 Å². The van der Waals surface area contributed by atoms with Gasteiger partial charge in [-0.1, -0.05) is 25.1 Å². The maximum absolute atomic E-state index is 9.06. The molecule has 88 valence electrons. The largest absolute Gasteiger partial charge is 0.390 e. The number of thioether (sulfide) groups is 1. The van der Waals surface area contributed by atoms with Crippen LogP contribution in [0, 0.1) is 0 Å². The molecule has 3 heteroatoms. The van der Waals surface area contributed by atoms with E-state index in [2.05, 4.69) is 36.2 Å². The average Bonchev–Trinajstić information content (AvgIpc) is 2.40. The first-order chi connectivity index (χ1) is 8.33. The van der Waals surface area contributed by atoms with Gasteiger partial charge in [-0.3, -0.25) is 4.98 Å². The van der Waals surface area contributed by atoms with Gasteiger partial charge in [-0.05, 0) is 30.0 Å². The highest BCUT2D eigenvalue weighted by atomic mass is 32.2. The number of aliphatic hydroxyl groups excluding tert-OH is 1. The summed E-state index contributed by atoms with van der Waals surface area (Å²) in [5, 5.41) is 9.06. The van der Waals surface area contributed by atoms with Gasteiger partial charge in [-0.25, -0.2) is 0 Å². The van der Waals surface area contributed by atoms with Crippen LogP contribution in [0.4, 0.5) is 0 Å². The van der Waals surface area contributed by atoms with Crippen LogP contribution < -0.4 is 0 Å². The Morgan fingerprint density at radius 3 is 2.53 bits per heavy atom. The van der Waals surface area contributed by atoms with Crippen LogP contribution in [0.2, 0.25) is 0 Å². The molecule has 2 nitrogen and oxygen atoms in total. The number of nitrogens with zero attached hydrogens (tertiary/aromatic N) is 1. The molecule has 0 saturated carbocycles. The summed E-state index contributed by atoms with van der Waals surface area (Å²) in [7, 11) is 0. The molecule has 2 rings (SSSR count). The lowest BCUT2D eigenvalue weighted by Gasteiger charge is -2.04. The predicted molar refractivity (Wildman–Crippen MR) is 72.0 cm³/mol. The van der Waals surface area contributed by atoms with Crippen molar-refractivity contribution in [2.45, 2.75) is 18.4 Å². The van der Waals surface area contributed by atoms with Crippen molar-refractivity contribution in [1.29, 1.82) is 0 Å². The van der Waals surface area contributed by atoms with Crippen LogP contribution >= 0.6 is 11.8 Å². The molecule has 0 radical (unpaired) electrons. The van der Waals surface area contributed by atoms with Crippen LogP contribution in [0.5, 0.6) is 0 Å². The fraction of sp³-hybridized carbons (Fsp3) is 0.214. The number of hydrogen-bond donors (Lipinski definition) is 1. The van der Waals surface area contributed by atoms with Crippen LogP contribution in [-0.4, -0.2) is 15.8 Å². The SMILES string of the molecule is CCSc1ccc(-c2cccc(CO)n2)cc1.